The van der Waals surface area contributed by atoms with Crippen LogP contribution < -0.4 is 10.6 Å². The van der Waals surface area contributed by atoms with Crippen molar-refractivity contribution < 1.29 is 24.2 Å². The van der Waals surface area contributed by atoms with Crippen LogP contribution in [0.15, 0.2) is 71.2 Å². The molecule has 3 aromatic rings. The monoisotopic (exact) mass is 542 g/mol. The zero-order chi connectivity index (χ0) is 24.2. The molecule has 174 valence electrons. The van der Waals surface area contributed by atoms with E-state index in [1.54, 1.807) is 18.2 Å². The smallest absolute Gasteiger partial charge is 0.407 e. The number of alkyl carbamates (subject to hydrolysis) is 1. The second-order valence-corrected chi connectivity index (χ2v) is 9.00. The summed E-state index contributed by atoms with van der Waals surface area (Å²) in [4.78, 5) is 36.5. The molecule has 0 fully saturated rings. The summed E-state index contributed by atoms with van der Waals surface area (Å²) in [7, 11) is 0. The molecule has 1 unspecified atom stereocenters. The summed E-state index contributed by atoms with van der Waals surface area (Å²) in [5.74, 6) is -2.09. The number of benzene rings is 3. The van der Waals surface area contributed by atoms with Crippen molar-refractivity contribution in [3.05, 3.63) is 87.4 Å². The van der Waals surface area contributed by atoms with E-state index in [0.717, 1.165) is 22.3 Å². The van der Waals surface area contributed by atoms with Crippen LogP contribution in [0, 0.1) is 0 Å². The number of ether oxygens (including phenoxy) is 1. The number of fused-ring (bicyclic) bond motifs is 3. The van der Waals surface area contributed by atoms with Crippen LogP contribution in [0.1, 0.15) is 23.5 Å². The Morgan fingerprint density at radius 3 is 2.21 bits per heavy atom. The topological polar surface area (TPSA) is 105 Å². The van der Waals surface area contributed by atoms with E-state index in [0.29, 0.717) is 15.2 Å². The molecule has 2 amide bonds. The van der Waals surface area contributed by atoms with Crippen LogP contribution in [0.4, 0.5) is 10.5 Å². The van der Waals surface area contributed by atoms with Crippen molar-refractivity contribution in [3.8, 4) is 11.1 Å². The van der Waals surface area contributed by atoms with E-state index in [9.17, 15) is 19.5 Å². The van der Waals surface area contributed by atoms with Crippen molar-refractivity contribution in [1.82, 2.24) is 5.32 Å². The predicted octanol–water partition coefficient (Wildman–Crippen LogP) is 5.42. The van der Waals surface area contributed by atoms with Gasteiger partial charge in [0.05, 0.1) is 11.4 Å². The Hall–Kier alpha value is -3.36. The first-order valence-electron chi connectivity index (χ1n) is 10.4. The van der Waals surface area contributed by atoms with E-state index in [4.69, 9.17) is 16.3 Å². The summed E-state index contributed by atoms with van der Waals surface area (Å²) in [5.41, 5.74) is 4.66. The molecule has 7 nitrogen and oxygen atoms in total. The maximum Gasteiger partial charge on any atom is 0.407 e. The molecule has 3 aromatic carbocycles. The van der Waals surface area contributed by atoms with Gasteiger partial charge in [0.2, 0.25) is 5.91 Å². The Bertz CT molecular complexity index is 1220. The van der Waals surface area contributed by atoms with Crippen LogP contribution in [0.2, 0.25) is 5.02 Å². The summed E-state index contributed by atoms with van der Waals surface area (Å²) in [6.45, 7) is 0.0470. The van der Waals surface area contributed by atoms with E-state index in [2.05, 4.69) is 26.6 Å². The maximum atomic E-state index is 12.7. The first-order chi connectivity index (χ1) is 16.3. The molecular formula is C25H20BrClN2O5. The van der Waals surface area contributed by atoms with Crippen LogP contribution in [-0.4, -0.2) is 35.7 Å². The van der Waals surface area contributed by atoms with Gasteiger partial charge in [0.25, 0.3) is 0 Å². The molecule has 1 aliphatic rings. The number of rotatable bonds is 7. The highest BCUT2D eigenvalue weighted by atomic mass is 79.9. The van der Waals surface area contributed by atoms with E-state index < -0.39 is 30.4 Å². The van der Waals surface area contributed by atoms with E-state index >= 15 is 0 Å². The lowest BCUT2D eigenvalue weighted by Crippen LogP contribution is -2.45. The molecule has 0 saturated carbocycles. The van der Waals surface area contributed by atoms with E-state index in [1.807, 2.05) is 48.5 Å². The Balaban J connectivity index is 1.43. The standard InChI is InChI=1S/C25H20BrClN2O5/c26-20-11-14(9-10-21(20)27)28-24(32)22(12-23(30)31)29-25(33)34-13-19-17-7-3-1-5-15(17)16-6-2-4-8-18(16)19/h1-11,19,22H,12-13H2,(H,28,32)(H,29,33)(H,30,31). The largest absolute Gasteiger partial charge is 0.481 e. The second-order valence-electron chi connectivity index (χ2n) is 7.74. The lowest BCUT2D eigenvalue weighted by Gasteiger charge is -2.19. The summed E-state index contributed by atoms with van der Waals surface area (Å²) in [6, 6.07) is 19.2. The van der Waals surface area contributed by atoms with Crippen molar-refractivity contribution in [2.45, 2.75) is 18.4 Å². The number of aliphatic carboxylic acids is 1. The van der Waals surface area contributed by atoms with Gasteiger partial charge in [-0.2, -0.15) is 0 Å². The number of carboxylic acids is 1. The average molecular weight is 544 g/mol. The third kappa shape index (κ3) is 5.24. The molecule has 34 heavy (non-hydrogen) atoms. The molecular weight excluding hydrogens is 524 g/mol. The molecule has 9 heteroatoms. The van der Waals surface area contributed by atoms with Gasteiger partial charge in [-0.25, -0.2) is 4.79 Å². The van der Waals surface area contributed by atoms with Crippen molar-refractivity contribution >= 4 is 51.2 Å². The van der Waals surface area contributed by atoms with Crippen molar-refractivity contribution in [1.29, 1.82) is 0 Å². The Morgan fingerprint density at radius 2 is 1.62 bits per heavy atom. The number of nitrogens with one attached hydrogen (secondary N) is 2. The van der Waals surface area contributed by atoms with Gasteiger partial charge in [-0.15, -0.1) is 0 Å². The number of hydrogen-bond donors (Lipinski definition) is 3. The molecule has 0 aromatic heterocycles. The first-order valence-corrected chi connectivity index (χ1v) is 11.6. The Morgan fingerprint density at radius 1 is 1.00 bits per heavy atom. The summed E-state index contributed by atoms with van der Waals surface area (Å²) < 4.78 is 6.00. The molecule has 0 spiro atoms. The summed E-state index contributed by atoms with van der Waals surface area (Å²) in [6.07, 6.45) is -1.48. The third-order valence-electron chi connectivity index (χ3n) is 5.52. The van der Waals surface area contributed by atoms with Crippen molar-refractivity contribution in [2.75, 3.05) is 11.9 Å². The second kappa shape index (κ2) is 10.3. The predicted molar refractivity (Wildman–Crippen MR) is 132 cm³/mol. The minimum absolute atomic E-state index is 0.0470. The van der Waals surface area contributed by atoms with Gasteiger partial charge in [-0.3, -0.25) is 9.59 Å². The highest BCUT2D eigenvalue weighted by molar-refractivity contribution is 9.10. The minimum Gasteiger partial charge on any atom is -0.481 e. The van der Waals surface area contributed by atoms with Crippen molar-refractivity contribution in [3.63, 3.8) is 0 Å². The normalized spacial score (nSPS) is 12.9. The van der Waals surface area contributed by atoms with Gasteiger partial charge >= 0.3 is 12.1 Å². The third-order valence-corrected chi connectivity index (χ3v) is 6.73. The molecule has 4 rings (SSSR count). The number of hydrogen-bond acceptors (Lipinski definition) is 4. The fourth-order valence-corrected chi connectivity index (χ4v) is 4.47. The van der Waals surface area contributed by atoms with Gasteiger partial charge in [0.1, 0.15) is 12.6 Å². The van der Waals surface area contributed by atoms with E-state index in [-0.39, 0.29) is 12.5 Å². The van der Waals surface area contributed by atoms with Gasteiger partial charge in [-0.05, 0) is 56.4 Å². The highest BCUT2D eigenvalue weighted by Crippen LogP contribution is 2.44. The van der Waals surface area contributed by atoms with Gasteiger partial charge in [0, 0.05) is 16.1 Å². The first kappa shape index (κ1) is 23.8. The highest BCUT2D eigenvalue weighted by Gasteiger charge is 2.30. The number of carbonyl (C=O) groups excluding carboxylic acids is 2. The minimum atomic E-state index is -1.33. The Labute approximate surface area is 209 Å². The average Bonchev–Trinajstić information content (AvgIpc) is 3.13. The summed E-state index contributed by atoms with van der Waals surface area (Å²) >= 11 is 9.22. The Kier molecular flexibility index (Phi) is 7.19. The quantitative estimate of drug-likeness (QED) is 0.369. The van der Waals surface area contributed by atoms with Gasteiger partial charge < -0.3 is 20.5 Å². The molecule has 0 aliphatic heterocycles. The maximum absolute atomic E-state index is 12.7. The van der Waals surface area contributed by atoms with Crippen molar-refractivity contribution in [2.24, 2.45) is 0 Å². The zero-order valence-corrected chi connectivity index (χ0v) is 20.1. The fourth-order valence-electron chi connectivity index (χ4n) is 3.97. The molecule has 0 radical (unpaired) electrons. The molecule has 1 atom stereocenters. The van der Waals surface area contributed by atoms with Gasteiger partial charge in [-0.1, -0.05) is 60.1 Å². The lowest BCUT2D eigenvalue weighted by atomic mass is 9.98. The molecule has 3 N–H and O–H groups in total. The van der Waals surface area contributed by atoms with Crippen LogP contribution >= 0.6 is 27.5 Å². The molecule has 0 saturated heterocycles. The lowest BCUT2D eigenvalue weighted by molar-refractivity contribution is -0.139. The van der Waals surface area contributed by atoms with Crippen LogP contribution in [-0.2, 0) is 14.3 Å². The number of halogens is 2. The number of carboxylic acid groups (broad SMARTS) is 1. The number of anilines is 1. The molecule has 1 aliphatic carbocycles. The zero-order valence-electron chi connectivity index (χ0n) is 17.8. The van der Waals surface area contributed by atoms with Gasteiger partial charge in [0.15, 0.2) is 0 Å². The van der Waals surface area contributed by atoms with E-state index in [1.165, 1.54) is 0 Å². The number of amides is 2. The SMILES string of the molecule is O=C(O)CC(NC(=O)OCC1c2ccccc2-c2ccccc21)C(=O)Nc1ccc(Cl)c(Br)c1. The fraction of sp³-hybridized carbons (Fsp3) is 0.160. The van der Waals surface area contributed by atoms with Crippen LogP contribution in [0.25, 0.3) is 11.1 Å². The molecule has 0 heterocycles. The van der Waals surface area contributed by atoms with Crippen LogP contribution in [0.3, 0.4) is 0 Å². The number of carbonyl (C=O) groups is 3. The molecule has 0 bridgehead atoms. The van der Waals surface area contributed by atoms with Crippen LogP contribution in [0.5, 0.6) is 0 Å². The summed E-state index contributed by atoms with van der Waals surface area (Å²) in [5, 5.41) is 14.6.